The molecule has 0 saturated carbocycles. The summed E-state index contributed by atoms with van der Waals surface area (Å²) in [6.45, 7) is 6.76. The van der Waals surface area contributed by atoms with Crippen molar-refractivity contribution in [2.45, 2.75) is 32.9 Å². The minimum absolute atomic E-state index is 0.0357. The molecule has 0 amide bonds. The van der Waals surface area contributed by atoms with Gasteiger partial charge in [0.05, 0.1) is 12.6 Å². The van der Waals surface area contributed by atoms with Crippen LogP contribution in [0.25, 0.3) is 0 Å². The number of hydrogen-bond donors (Lipinski definition) is 2. The van der Waals surface area contributed by atoms with E-state index in [0.29, 0.717) is 18.3 Å². The zero-order valence-electron chi connectivity index (χ0n) is 11.3. The monoisotopic (exact) mass is 255 g/mol. The summed E-state index contributed by atoms with van der Waals surface area (Å²) in [5.41, 5.74) is 0. The van der Waals surface area contributed by atoms with Crippen molar-refractivity contribution in [3.8, 4) is 0 Å². The molecule has 0 radical (unpaired) electrons. The second-order valence-electron chi connectivity index (χ2n) is 4.70. The fourth-order valence-electron chi connectivity index (χ4n) is 1.72. The number of ether oxygens (including phenoxy) is 1. The van der Waals surface area contributed by atoms with Crippen molar-refractivity contribution in [1.82, 2.24) is 5.32 Å². The third-order valence-corrected chi connectivity index (χ3v) is 2.88. The van der Waals surface area contributed by atoms with Gasteiger partial charge in [-0.05, 0) is 25.0 Å². The molecule has 0 aromatic carbocycles. The van der Waals surface area contributed by atoms with Crippen LogP contribution in [0.3, 0.4) is 0 Å². The van der Waals surface area contributed by atoms with Gasteiger partial charge in [0.1, 0.15) is 5.76 Å². The highest BCUT2D eigenvalue weighted by atomic mass is 16.5. The fraction of sp³-hybridized carbons (Fsp3) is 0.615. The largest absolute Gasteiger partial charge is 0.475 e. The van der Waals surface area contributed by atoms with Gasteiger partial charge in [0.15, 0.2) is 0 Å². The van der Waals surface area contributed by atoms with E-state index in [4.69, 9.17) is 14.3 Å². The number of carboxylic acids is 1. The highest BCUT2D eigenvalue weighted by Gasteiger charge is 2.19. The molecule has 0 fully saturated rings. The lowest BCUT2D eigenvalue weighted by Gasteiger charge is -2.24. The Balaban J connectivity index is 2.67. The van der Waals surface area contributed by atoms with Crippen LogP contribution in [0.15, 0.2) is 16.5 Å². The van der Waals surface area contributed by atoms with Gasteiger partial charge in [0.2, 0.25) is 5.76 Å². The molecule has 0 saturated heterocycles. The molecule has 2 N–H and O–H groups in total. The van der Waals surface area contributed by atoms with Crippen LogP contribution >= 0.6 is 0 Å². The van der Waals surface area contributed by atoms with Gasteiger partial charge >= 0.3 is 5.97 Å². The smallest absolute Gasteiger partial charge is 0.371 e. The van der Waals surface area contributed by atoms with Gasteiger partial charge < -0.3 is 19.6 Å². The zero-order valence-corrected chi connectivity index (χ0v) is 11.3. The predicted molar refractivity (Wildman–Crippen MR) is 67.7 cm³/mol. The second-order valence-corrected chi connectivity index (χ2v) is 4.70. The summed E-state index contributed by atoms with van der Waals surface area (Å²) in [5, 5.41) is 12.2. The van der Waals surface area contributed by atoms with Crippen LogP contribution < -0.4 is 5.32 Å². The van der Waals surface area contributed by atoms with Gasteiger partial charge in [-0.15, -0.1) is 0 Å². The summed E-state index contributed by atoms with van der Waals surface area (Å²) in [6.07, 6.45) is 0. The number of methoxy groups -OCH3 is 1. The molecule has 18 heavy (non-hydrogen) atoms. The summed E-state index contributed by atoms with van der Waals surface area (Å²) < 4.78 is 10.4. The lowest BCUT2D eigenvalue weighted by molar-refractivity contribution is 0.0658. The van der Waals surface area contributed by atoms with Crippen LogP contribution in [-0.2, 0) is 4.74 Å². The molecule has 0 spiro atoms. The van der Waals surface area contributed by atoms with Crippen molar-refractivity contribution in [3.63, 3.8) is 0 Å². The number of rotatable bonds is 7. The Labute approximate surface area is 107 Å². The van der Waals surface area contributed by atoms with Crippen molar-refractivity contribution >= 4 is 5.97 Å². The SMILES string of the molecule is COCC(NC(C)c1ccc(C(=O)O)o1)C(C)C. The maximum Gasteiger partial charge on any atom is 0.371 e. The van der Waals surface area contributed by atoms with Gasteiger partial charge in [0, 0.05) is 13.2 Å². The summed E-state index contributed by atoms with van der Waals surface area (Å²) in [4.78, 5) is 10.7. The van der Waals surface area contributed by atoms with Crippen molar-refractivity contribution in [1.29, 1.82) is 0 Å². The van der Waals surface area contributed by atoms with E-state index in [1.165, 1.54) is 6.07 Å². The first-order chi connectivity index (χ1) is 8.45. The zero-order chi connectivity index (χ0) is 13.7. The Bertz CT molecular complexity index is 386. The van der Waals surface area contributed by atoms with Gasteiger partial charge in [-0.25, -0.2) is 4.79 Å². The van der Waals surface area contributed by atoms with Crippen LogP contribution in [0.4, 0.5) is 0 Å². The molecular formula is C13H21NO4. The molecule has 5 heteroatoms. The first kappa shape index (κ1) is 14.7. The van der Waals surface area contributed by atoms with Gasteiger partial charge in [-0.1, -0.05) is 13.8 Å². The minimum Gasteiger partial charge on any atom is -0.475 e. The summed E-state index contributed by atoms with van der Waals surface area (Å²) in [7, 11) is 1.66. The molecule has 5 nitrogen and oxygen atoms in total. The van der Waals surface area contributed by atoms with Gasteiger partial charge in [0.25, 0.3) is 0 Å². The number of carboxylic acid groups (broad SMARTS) is 1. The molecule has 1 heterocycles. The van der Waals surface area contributed by atoms with E-state index in [9.17, 15) is 4.79 Å². The van der Waals surface area contributed by atoms with Crippen molar-refractivity contribution in [3.05, 3.63) is 23.7 Å². The number of aromatic carboxylic acids is 1. The molecule has 1 aromatic heterocycles. The molecule has 0 bridgehead atoms. The molecule has 1 rings (SSSR count). The normalized spacial score (nSPS) is 14.7. The molecule has 0 aliphatic heterocycles. The lowest BCUT2D eigenvalue weighted by atomic mass is 10.0. The standard InChI is InChI=1S/C13H21NO4/c1-8(2)10(7-17-4)14-9(3)11-5-6-12(18-11)13(15)16/h5-6,8-10,14H,7H2,1-4H3,(H,15,16). The number of hydrogen-bond acceptors (Lipinski definition) is 4. The van der Waals surface area contributed by atoms with E-state index in [2.05, 4.69) is 19.2 Å². The number of nitrogens with one attached hydrogen (secondary N) is 1. The average Bonchev–Trinajstić information content (AvgIpc) is 2.77. The van der Waals surface area contributed by atoms with Crippen molar-refractivity contribution in [2.75, 3.05) is 13.7 Å². The number of carbonyl (C=O) groups is 1. The Kier molecular flexibility index (Phi) is 5.37. The highest BCUT2D eigenvalue weighted by molar-refractivity contribution is 5.84. The number of furan rings is 1. The molecular weight excluding hydrogens is 234 g/mol. The Morgan fingerprint density at radius 1 is 1.44 bits per heavy atom. The third kappa shape index (κ3) is 3.85. The summed E-state index contributed by atoms with van der Waals surface area (Å²) in [6, 6.07) is 3.30. The van der Waals surface area contributed by atoms with E-state index in [1.54, 1.807) is 13.2 Å². The van der Waals surface area contributed by atoms with Crippen molar-refractivity contribution in [2.24, 2.45) is 5.92 Å². The minimum atomic E-state index is -1.05. The molecule has 0 aliphatic rings. The first-order valence-corrected chi connectivity index (χ1v) is 6.03. The van der Waals surface area contributed by atoms with Crippen LogP contribution in [0, 0.1) is 5.92 Å². The lowest BCUT2D eigenvalue weighted by Crippen LogP contribution is -2.39. The molecule has 0 aliphatic carbocycles. The Morgan fingerprint density at radius 2 is 2.11 bits per heavy atom. The maximum atomic E-state index is 10.7. The molecule has 102 valence electrons. The van der Waals surface area contributed by atoms with E-state index in [1.807, 2.05) is 6.92 Å². The van der Waals surface area contributed by atoms with E-state index < -0.39 is 5.97 Å². The molecule has 2 unspecified atom stereocenters. The van der Waals surface area contributed by atoms with E-state index in [-0.39, 0.29) is 17.8 Å². The van der Waals surface area contributed by atoms with Gasteiger partial charge in [-0.3, -0.25) is 0 Å². The third-order valence-electron chi connectivity index (χ3n) is 2.88. The maximum absolute atomic E-state index is 10.7. The quantitative estimate of drug-likeness (QED) is 0.782. The summed E-state index contributed by atoms with van der Waals surface area (Å²) in [5.74, 6) is -0.0484. The second kappa shape index (κ2) is 6.56. The Hall–Kier alpha value is -1.33. The van der Waals surface area contributed by atoms with Crippen LogP contribution in [0.5, 0.6) is 0 Å². The van der Waals surface area contributed by atoms with Gasteiger partial charge in [-0.2, -0.15) is 0 Å². The first-order valence-electron chi connectivity index (χ1n) is 6.03. The van der Waals surface area contributed by atoms with Crippen molar-refractivity contribution < 1.29 is 19.1 Å². The van der Waals surface area contributed by atoms with Crippen LogP contribution in [0.1, 0.15) is 43.1 Å². The summed E-state index contributed by atoms with van der Waals surface area (Å²) >= 11 is 0. The van der Waals surface area contributed by atoms with E-state index >= 15 is 0 Å². The topological polar surface area (TPSA) is 71.7 Å². The fourth-order valence-corrected chi connectivity index (χ4v) is 1.72. The Morgan fingerprint density at radius 3 is 2.56 bits per heavy atom. The molecule has 1 aromatic rings. The van der Waals surface area contributed by atoms with Crippen LogP contribution in [-0.4, -0.2) is 30.8 Å². The van der Waals surface area contributed by atoms with E-state index in [0.717, 1.165) is 0 Å². The van der Waals surface area contributed by atoms with Crippen LogP contribution in [0.2, 0.25) is 0 Å². The highest BCUT2D eigenvalue weighted by Crippen LogP contribution is 2.18. The average molecular weight is 255 g/mol. The molecule has 2 atom stereocenters. The predicted octanol–water partition coefficient (Wildman–Crippen LogP) is 2.30.